The van der Waals surface area contributed by atoms with Gasteiger partial charge in [-0.15, -0.1) is 0 Å². The summed E-state index contributed by atoms with van der Waals surface area (Å²) in [6.45, 7) is 2.75. The van der Waals surface area contributed by atoms with Gasteiger partial charge in [0.05, 0.1) is 11.8 Å². The maximum atomic E-state index is 5.33. The molecule has 0 spiro atoms. The van der Waals surface area contributed by atoms with Crippen LogP contribution in [0, 0.1) is 11.7 Å². The van der Waals surface area contributed by atoms with Crippen LogP contribution < -0.4 is 0 Å². The Morgan fingerprint density at radius 3 is 3.06 bits per heavy atom. The van der Waals surface area contributed by atoms with E-state index in [0.29, 0.717) is 4.77 Å². The molecule has 5 heteroatoms. The normalized spacial score (nSPS) is 11.2. The number of rotatable bonds is 3. The molecule has 3 heterocycles. The Kier molecular flexibility index (Phi) is 2.76. The zero-order valence-corrected chi connectivity index (χ0v) is 10.8. The van der Waals surface area contributed by atoms with E-state index in [1.54, 1.807) is 6.26 Å². The number of furan rings is 1. The molecular weight excluding hydrogens is 246 g/mol. The molecule has 0 amide bonds. The fourth-order valence-electron chi connectivity index (χ4n) is 2.01. The molecule has 0 aliphatic carbocycles. The number of aromatic amines is 1. The predicted octanol–water partition coefficient (Wildman–Crippen LogP) is 3.24. The number of nitrogens with zero attached hydrogens (tertiary/aromatic N) is 2. The number of nitrogens with one attached hydrogen (secondary N) is 1. The second kappa shape index (κ2) is 4.42. The van der Waals surface area contributed by atoms with Crippen LogP contribution in [-0.4, -0.2) is 14.5 Å². The molecule has 0 aliphatic heterocycles. The Morgan fingerprint density at radius 2 is 2.28 bits per heavy atom. The molecule has 3 aromatic rings. The zero-order valence-electron chi connectivity index (χ0n) is 10.0. The average molecular weight is 259 g/mol. The van der Waals surface area contributed by atoms with Crippen LogP contribution in [-0.2, 0) is 13.0 Å². The Labute approximate surface area is 109 Å². The van der Waals surface area contributed by atoms with E-state index >= 15 is 0 Å². The molecule has 3 aromatic heterocycles. The van der Waals surface area contributed by atoms with Gasteiger partial charge in [0.1, 0.15) is 5.76 Å². The Hall–Kier alpha value is -1.88. The lowest BCUT2D eigenvalue weighted by Gasteiger charge is -2.02. The van der Waals surface area contributed by atoms with Gasteiger partial charge in [-0.05, 0) is 43.4 Å². The van der Waals surface area contributed by atoms with Gasteiger partial charge in [-0.2, -0.15) is 0 Å². The van der Waals surface area contributed by atoms with E-state index in [4.69, 9.17) is 16.6 Å². The Balaban J connectivity index is 1.98. The highest BCUT2D eigenvalue weighted by atomic mass is 32.1. The first-order valence-corrected chi connectivity index (χ1v) is 6.23. The predicted molar refractivity (Wildman–Crippen MR) is 72.1 cm³/mol. The van der Waals surface area contributed by atoms with Crippen molar-refractivity contribution in [2.75, 3.05) is 0 Å². The first-order chi connectivity index (χ1) is 8.74. The van der Waals surface area contributed by atoms with Crippen molar-refractivity contribution in [3.05, 3.63) is 46.8 Å². The molecule has 0 radical (unpaired) electrons. The smallest absolute Gasteiger partial charge is 0.179 e. The van der Waals surface area contributed by atoms with Crippen molar-refractivity contribution in [2.24, 2.45) is 0 Å². The molecule has 4 nitrogen and oxygen atoms in total. The minimum atomic E-state index is 0.703. The van der Waals surface area contributed by atoms with Gasteiger partial charge < -0.3 is 14.0 Å². The lowest BCUT2D eigenvalue weighted by atomic mass is 10.3. The van der Waals surface area contributed by atoms with E-state index in [-0.39, 0.29) is 0 Å². The summed E-state index contributed by atoms with van der Waals surface area (Å²) in [5, 5.41) is 0. The number of H-pyrrole nitrogens is 1. The largest absolute Gasteiger partial charge is 0.469 e. The molecule has 0 saturated heterocycles. The van der Waals surface area contributed by atoms with Crippen LogP contribution >= 0.6 is 12.2 Å². The SMILES string of the molecule is Cc1ccc2[nH]c(=S)n(CCc3ccco3)c2n1. The van der Waals surface area contributed by atoms with Crippen molar-refractivity contribution in [1.29, 1.82) is 0 Å². The van der Waals surface area contributed by atoms with Crippen molar-refractivity contribution in [1.82, 2.24) is 14.5 Å². The van der Waals surface area contributed by atoms with E-state index in [9.17, 15) is 0 Å². The fourth-order valence-corrected chi connectivity index (χ4v) is 2.30. The lowest BCUT2D eigenvalue weighted by molar-refractivity contribution is 0.492. The highest BCUT2D eigenvalue weighted by Crippen LogP contribution is 2.13. The van der Waals surface area contributed by atoms with Gasteiger partial charge in [0.15, 0.2) is 10.4 Å². The molecule has 0 fully saturated rings. The number of pyridine rings is 1. The molecule has 92 valence electrons. The van der Waals surface area contributed by atoms with Crippen LogP contribution in [0.5, 0.6) is 0 Å². The van der Waals surface area contributed by atoms with Gasteiger partial charge in [0.2, 0.25) is 0 Å². The van der Waals surface area contributed by atoms with Crippen molar-refractivity contribution in [3.63, 3.8) is 0 Å². The van der Waals surface area contributed by atoms with E-state index in [1.807, 2.05) is 35.8 Å². The number of fused-ring (bicyclic) bond motifs is 1. The highest BCUT2D eigenvalue weighted by molar-refractivity contribution is 7.71. The minimum Gasteiger partial charge on any atom is -0.469 e. The number of imidazole rings is 1. The molecule has 0 atom stereocenters. The topological polar surface area (TPSA) is 46.8 Å². The first kappa shape index (κ1) is 11.2. The summed E-state index contributed by atoms with van der Waals surface area (Å²) in [7, 11) is 0. The third kappa shape index (κ3) is 1.97. The third-order valence-corrected chi connectivity index (χ3v) is 3.24. The average Bonchev–Trinajstić information content (AvgIpc) is 2.94. The van der Waals surface area contributed by atoms with Crippen LogP contribution in [0.25, 0.3) is 11.2 Å². The van der Waals surface area contributed by atoms with Crippen molar-refractivity contribution >= 4 is 23.4 Å². The quantitative estimate of drug-likeness (QED) is 0.734. The van der Waals surface area contributed by atoms with Gasteiger partial charge in [0, 0.05) is 18.7 Å². The number of hydrogen-bond donors (Lipinski definition) is 1. The maximum Gasteiger partial charge on any atom is 0.179 e. The van der Waals surface area contributed by atoms with Crippen molar-refractivity contribution in [3.8, 4) is 0 Å². The molecule has 0 unspecified atom stereocenters. The standard InChI is InChI=1S/C13H13N3OS/c1-9-4-5-11-12(14-9)16(13(18)15-11)7-6-10-3-2-8-17-10/h2-5,8H,6-7H2,1H3,(H,15,18). The minimum absolute atomic E-state index is 0.703. The van der Waals surface area contributed by atoms with E-state index in [0.717, 1.165) is 35.6 Å². The van der Waals surface area contributed by atoms with Crippen LogP contribution in [0.15, 0.2) is 34.9 Å². The van der Waals surface area contributed by atoms with Gasteiger partial charge in [-0.25, -0.2) is 4.98 Å². The molecule has 0 saturated carbocycles. The van der Waals surface area contributed by atoms with E-state index in [1.165, 1.54) is 0 Å². The molecule has 0 aromatic carbocycles. The molecule has 0 bridgehead atoms. The summed E-state index contributed by atoms with van der Waals surface area (Å²) in [4.78, 5) is 7.70. The van der Waals surface area contributed by atoms with E-state index < -0.39 is 0 Å². The summed E-state index contributed by atoms with van der Waals surface area (Å²) in [5.74, 6) is 0.957. The van der Waals surface area contributed by atoms with Crippen LogP contribution in [0.1, 0.15) is 11.5 Å². The summed E-state index contributed by atoms with van der Waals surface area (Å²) < 4.78 is 8.05. The second-order valence-electron chi connectivity index (χ2n) is 4.23. The molecule has 3 rings (SSSR count). The highest BCUT2D eigenvalue weighted by Gasteiger charge is 2.06. The summed E-state index contributed by atoms with van der Waals surface area (Å²) in [6.07, 6.45) is 2.50. The Bertz CT molecular complexity index is 724. The van der Waals surface area contributed by atoms with Crippen molar-refractivity contribution < 1.29 is 4.42 Å². The molecule has 18 heavy (non-hydrogen) atoms. The van der Waals surface area contributed by atoms with Gasteiger partial charge in [0.25, 0.3) is 0 Å². The van der Waals surface area contributed by atoms with Crippen molar-refractivity contribution in [2.45, 2.75) is 19.9 Å². The first-order valence-electron chi connectivity index (χ1n) is 5.82. The zero-order chi connectivity index (χ0) is 12.5. The van der Waals surface area contributed by atoms with Gasteiger partial charge >= 0.3 is 0 Å². The summed E-state index contributed by atoms with van der Waals surface area (Å²) in [6, 6.07) is 7.85. The number of hydrogen-bond acceptors (Lipinski definition) is 3. The molecule has 0 aliphatic rings. The van der Waals surface area contributed by atoms with Crippen LogP contribution in [0.4, 0.5) is 0 Å². The lowest BCUT2D eigenvalue weighted by Crippen LogP contribution is -2.02. The summed E-state index contributed by atoms with van der Waals surface area (Å²) in [5.41, 5.74) is 2.87. The monoisotopic (exact) mass is 259 g/mol. The maximum absolute atomic E-state index is 5.33. The van der Waals surface area contributed by atoms with Crippen LogP contribution in [0.3, 0.4) is 0 Å². The molecule has 1 N–H and O–H groups in total. The van der Waals surface area contributed by atoms with E-state index in [2.05, 4.69) is 9.97 Å². The number of aromatic nitrogens is 3. The molecular formula is C13H13N3OS. The van der Waals surface area contributed by atoms with Gasteiger partial charge in [-0.1, -0.05) is 0 Å². The third-order valence-electron chi connectivity index (χ3n) is 2.92. The van der Waals surface area contributed by atoms with Crippen LogP contribution in [0.2, 0.25) is 0 Å². The summed E-state index contributed by atoms with van der Waals surface area (Å²) >= 11 is 5.33. The Morgan fingerprint density at radius 1 is 1.39 bits per heavy atom. The second-order valence-corrected chi connectivity index (χ2v) is 4.62. The number of aryl methyl sites for hydroxylation is 3. The fraction of sp³-hybridized carbons (Fsp3) is 0.231. The van der Waals surface area contributed by atoms with Gasteiger partial charge in [-0.3, -0.25) is 0 Å².